The molecular formula is C13H22N2O2. The standard InChI is InChI=1S/C13H22N2O2/c1-7(2)11-13(17)15(8(3)10-5-6-10)9(4)12(16)14-11/h7-11H,5-6H2,1-4H3,(H,14,16). The molecule has 0 aromatic carbocycles. The molecule has 4 nitrogen and oxygen atoms in total. The summed E-state index contributed by atoms with van der Waals surface area (Å²) in [5.41, 5.74) is 0. The molecule has 0 spiro atoms. The third-order valence-corrected chi connectivity index (χ3v) is 4.02. The summed E-state index contributed by atoms with van der Waals surface area (Å²) in [6.45, 7) is 7.84. The topological polar surface area (TPSA) is 49.4 Å². The van der Waals surface area contributed by atoms with Gasteiger partial charge in [-0.25, -0.2) is 0 Å². The molecule has 0 radical (unpaired) electrons. The van der Waals surface area contributed by atoms with Crippen molar-refractivity contribution in [2.24, 2.45) is 11.8 Å². The van der Waals surface area contributed by atoms with Crippen molar-refractivity contribution in [1.82, 2.24) is 10.2 Å². The highest BCUT2D eigenvalue weighted by atomic mass is 16.2. The molecule has 4 heteroatoms. The van der Waals surface area contributed by atoms with Crippen molar-refractivity contribution in [1.29, 1.82) is 0 Å². The van der Waals surface area contributed by atoms with Crippen LogP contribution in [-0.2, 0) is 9.59 Å². The third-order valence-electron chi connectivity index (χ3n) is 4.02. The summed E-state index contributed by atoms with van der Waals surface area (Å²) in [4.78, 5) is 26.1. The largest absolute Gasteiger partial charge is 0.342 e. The van der Waals surface area contributed by atoms with Crippen LogP contribution in [0.1, 0.15) is 40.5 Å². The van der Waals surface area contributed by atoms with Crippen molar-refractivity contribution >= 4 is 11.8 Å². The van der Waals surface area contributed by atoms with Gasteiger partial charge >= 0.3 is 0 Å². The molecular weight excluding hydrogens is 216 g/mol. The number of hydrogen-bond acceptors (Lipinski definition) is 2. The molecule has 2 rings (SSSR count). The van der Waals surface area contributed by atoms with Crippen LogP contribution >= 0.6 is 0 Å². The summed E-state index contributed by atoms with van der Waals surface area (Å²) >= 11 is 0. The summed E-state index contributed by atoms with van der Waals surface area (Å²) in [6.07, 6.45) is 2.37. The minimum absolute atomic E-state index is 0.0178. The smallest absolute Gasteiger partial charge is 0.246 e. The Hall–Kier alpha value is -1.06. The lowest BCUT2D eigenvalue weighted by atomic mass is 9.96. The highest BCUT2D eigenvalue weighted by molar-refractivity contribution is 5.97. The van der Waals surface area contributed by atoms with Crippen LogP contribution in [0.5, 0.6) is 0 Å². The Kier molecular flexibility index (Phi) is 3.15. The molecule has 1 N–H and O–H groups in total. The number of piperazine rings is 1. The molecule has 1 saturated heterocycles. The Bertz CT molecular complexity index is 336. The Morgan fingerprint density at radius 3 is 2.29 bits per heavy atom. The molecule has 2 aliphatic rings. The minimum Gasteiger partial charge on any atom is -0.342 e. The fourth-order valence-corrected chi connectivity index (χ4v) is 2.62. The van der Waals surface area contributed by atoms with Crippen LogP contribution in [0.25, 0.3) is 0 Å². The van der Waals surface area contributed by atoms with Gasteiger partial charge in [0.25, 0.3) is 0 Å². The van der Waals surface area contributed by atoms with Gasteiger partial charge in [0.15, 0.2) is 0 Å². The third kappa shape index (κ3) is 2.17. The summed E-state index contributed by atoms with van der Waals surface area (Å²) in [5, 5.41) is 2.83. The van der Waals surface area contributed by atoms with E-state index in [1.807, 2.05) is 20.8 Å². The van der Waals surface area contributed by atoms with Gasteiger partial charge in [0.1, 0.15) is 12.1 Å². The molecule has 3 atom stereocenters. The lowest BCUT2D eigenvalue weighted by Crippen LogP contribution is -2.66. The second kappa shape index (κ2) is 4.31. The predicted molar refractivity (Wildman–Crippen MR) is 65.3 cm³/mol. The van der Waals surface area contributed by atoms with Crippen LogP contribution < -0.4 is 5.32 Å². The van der Waals surface area contributed by atoms with Crippen molar-refractivity contribution in [3.8, 4) is 0 Å². The van der Waals surface area contributed by atoms with Crippen molar-refractivity contribution in [2.75, 3.05) is 0 Å². The monoisotopic (exact) mass is 238 g/mol. The zero-order valence-electron chi connectivity index (χ0n) is 11.1. The first-order chi connectivity index (χ1) is 7.93. The first-order valence-corrected chi connectivity index (χ1v) is 6.56. The molecule has 3 unspecified atom stereocenters. The average Bonchev–Trinajstić information content (AvgIpc) is 3.06. The maximum absolute atomic E-state index is 12.4. The maximum Gasteiger partial charge on any atom is 0.246 e. The zero-order chi connectivity index (χ0) is 12.7. The van der Waals surface area contributed by atoms with Gasteiger partial charge in [0, 0.05) is 6.04 Å². The van der Waals surface area contributed by atoms with E-state index in [0.29, 0.717) is 5.92 Å². The molecule has 0 aromatic heterocycles. The first kappa shape index (κ1) is 12.4. The lowest BCUT2D eigenvalue weighted by Gasteiger charge is -2.42. The lowest BCUT2D eigenvalue weighted by molar-refractivity contribution is -0.152. The van der Waals surface area contributed by atoms with Gasteiger partial charge in [-0.3, -0.25) is 9.59 Å². The van der Waals surface area contributed by atoms with E-state index < -0.39 is 0 Å². The van der Waals surface area contributed by atoms with E-state index in [1.165, 1.54) is 12.8 Å². The van der Waals surface area contributed by atoms with Crippen molar-refractivity contribution in [3.63, 3.8) is 0 Å². The second-order valence-corrected chi connectivity index (χ2v) is 5.73. The average molecular weight is 238 g/mol. The normalized spacial score (nSPS) is 31.7. The molecule has 0 bridgehead atoms. The molecule has 1 aliphatic heterocycles. The number of nitrogens with zero attached hydrogens (tertiary/aromatic N) is 1. The van der Waals surface area contributed by atoms with Gasteiger partial charge in [-0.1, -0.05) is 13.8 Å². The van der Waals surface area contributed by atoms with Crippen LogP contribution in [0.15, 0.2) is 0 Å². The fraction of sp³-hybridized carbons (Fsp3) is 0.846. The SMILES string of the molecule is CC(C)C1NC(=O)C(C)N(C(C)C2CC2)C1=O. The summed E-state index contributed by atoms with van der Waals surface area (Å²) < 4.78 is 0. The number of carbonyl (C=O) groups excluding carboxylic acids is 2. The Balaban J connectivity index is 2.20. The zero-order valence-corrected chi connectivity index (χ0v) is 11.1. The number of amides is 2. The van der Waals surface area contributed by atoms with Crippen molar-refractivity contribution in [3.05, 3.63) is 0 Å². The fourth-order valence-electron chi connectivity index (χ4n) is 2.62. The van der Waals surface area contributed by atoms with Gasteiger partial charge in [-0.15, -0.1) is 0 Å². The van der Waals surface area contributed by atoms with Gasteiger partial charge in [0.05, 0.1) is 0 Å². The van der Waals surface area contributed by atoms with Gasteiger partial charge in [-0.2, -0.15) is 0 Å². The molecule has 0 aromatic rings. The van der Waals surface area contributed by atoms with Gasteiger partial charge in [0.2, 0.25) is 11.8 Å². The van der Waals surface area contributed by atoms with E-state index in [1.54, 1.807) is 4.90 Å². The highest BCUT2D eigenvalue weighted by Crippen LogP contribution is 2.36. The van der Waals surface area contributed by atoms with Crippen LogP contribution in [0.2, 0.25) is 0 Å². The molecule has 2 amide bonds. The van der Waals surface area contributed by atoms with Crippen LogP contribution in [0.4, 0.5) is 0 Å². The second-order valence-electron chi connectivity index (χ2n) is 5.73. The first-order valence-electron chi connectivity index (χ1n) is 6.56. The Labute approximate surface area is 103 Å². The van der Waals surface area contributed by atoms with Crippen molar-refractivity contribution in [2.45, 2.75) is 58.7 Å². The van der Waals surface area contributed by atoms with E-state index in [4.69, 9.17) is 0 Å². The molecule has 17 heavy (non-hydrogen) atoms. The van der Waals surface area contributed by atoms with E-state index in [2.05, 4.69) is 12.2 Å². The maximum atomic E-state index is 12.4. The van der Waals surface area contributed by atoms with E-state index in [-0.39, 0.29) is 35.9 Å². The number of nitrogens with one attached hydrogen (secondary N) is 1. The summed E-state index contributed by atoms with van der Waals surface area (Å²) in [6, 6.07) is -0.474. The quantitative estimate of drug-likeness (QED) is 0.802. The number of hydrogen-bond donors (Lipinski definition) is 1. The number of rotatable bonds is 3. The Morgan fingerprint density at radius 2 is 1.82 bits per heavy atom. The van der Waals surface area contributed by atoms with Crippen LogP contribution in [-0.4, -0.2) is 34.8 Å². The molecule has 1 saturated carbocycles. The highest BCUT2D eigenvalue weighted by Gasteiger charge is 2.45. The van der Waals surface area contributed by atoms with Gasteiger partial charge in [-0.05, 0) is 38.5 Å². The van der Waals surface area contributed by atoms with Gasteiger partial charge < -0.3 is 10.2 Å². The molecule has 2 fully saturated rings. The minimum atomic E-state index is -0.347. The van der Waals surface area contributed by atoms with Crippen molar-refractivity contribution < 1.29 is 9.59 Å². The Morgan fingerprint density at radius 1 is 1.24 bits per heavy atom. The van der Waals surface area contributed by atoms with Crippen LogP contribution in [0.3, 0.4) is 0 Å². The van der Waals surface area contributed by atoms with E-state index in [9.17, 15) is 9.59 Å². The predicted octanol–water partition coefficient (Wildman–Crippen LogP) is 1.16. The molecule has 96 valence electrons. The van der Waals surface area contributed by atoms with E-state index in [0.717, 1.165) is 0 Å². The summed E-state index contributed by atoms with van der Waals surface area (Å²) in [7, 11) is 0. The molecule has 1 heterocycles. The van der Waals surface area contributed by atoms with E-state index >= 15 is 0 Å². The molecule has 1 aliphatic carbocycles. The van der Waals surface area contributed by atoms with Crippen LogP contribution in [0, 0.1) is 11.8 Å². The summed E-state index contributed by atoms with van der Waals surface area (Å²) in [5.74, 6) is 0.815. The number of carbonyl (C=O) groups is 2.